The lowest BCUT2D eigenvalue weighted by atomic mass is 10.2. The molecule has 1 N–H and O–H groups in total. The number of nitrogens with one attached hydrogen (secondary N) is 1. The number of rotatable bonds is 9. The Morgan fingerprint density at radius 3 is 2.33 bits per heavy atom. The van der Waals surface area contributed by atoms with Crippen molar-refractivity contribution >= 4 is 32.9 Å². The molecule has 172 valence electrons. The van der Waals surface area contributed by atoms with Crippen molar-refractivity contribution in [2.75, 3.05) is 18.4 Å². The summed E-state index contributed by atoms with van der Waals surface area (Å²) >= 11 is 0. The van der Waals surface area contributed by atoms with Gasteiger partial charge in [-0.1, -0.05) is 37.1 Å². The number of hydrogen-bond acceptors (Lipinski definition) is 7. The molecule has 9 nitrogen and oxygen atoms in total. The number of furan rings is 1. The van der Waals surface area contributed by atoms with E-state index in [-0.39, 0.29) is 22.4 Å². The van der Waals surface area contributed by atoms with Crippen LogP contribution in [-0.2, 0) is 10.0 Å². The number of nitrogens with zero attached hydrogens (tertiary/aromatic N) is 3. The summed E-state index contributed by atoms with van der Waals surface area (Å²) in [4.78, 5) is 12.7. The Balaban J connectivity index is 1.47. The molecule has 0 saturated heterocycles. The number of aromatic nitrogens is 2. The van der Waals surface area contributed by atoms with Crippen molar-refractivity contribution in [3.63, 3.8) is 0 Å². The molecule has 0 aliphatic heterocycles. The van der Waals surface area contributed by atoms with Crippen LogP contribution in [0.15, 0.2) is 68.3 Å². The Morgan fingerprint density at radius 2 is 1.67 bits per heavy atom. The van der Waals surface area contributed by atoms with Crippen LogP contribution in [0.3, 0.4) is 0 Å². The molecule has 0 bridgehead atoms. The maximum absolute atomic E-state index is 12.9. The van der Waals surface area contributed by atoms with Gasteiger partial charge in [-0.2, -0.15) is 4.31 Å². The van der Waals surface area contributed by atoms with E-state index in [4.69, 9.17) is 8.83 Å². The lowest BCUT2D eigenvalue weighted by molar-refractivity contribution is 0.102. The summed E-state index contributed by atoms with van der Waals surface area (Å²) in [6.45, 7) is 4.76. The third-order valence-electron chi connectivity index (χ3n) is 4.98. The van der Waals surface area contributed by atoms with Crippen molar-refractivity contribution < 1.29 is 22.0 Å². The van der Waals surface area contributed by atoms with E-state index in [1.54, 1.807) is 6.07 Å². The second kappa shape index (κ2) is 9.55. The van der Waals surface area contributed by atoms with Crippen LogP contribution in [0.25, 0.3) is 22.6 Å². The van der Waals surface area contributed by atoms with Gasteiger partial charge in [0.2, 0.25) is 10.0 Å². The number of anilines is 1. The second-order valence-electron chi connectivity index (χ2n) is 7.44. The molecule has 0 saturated carbocycles. The van der Waals surface area contributed by atoms with Gasteiger partial charge in [0.15, 0.2) is 5.76 Å². The molecule has 0 unspecified atom stereocenters. The van der Waals surface area contributed by atoms with E-state index in [1.165, 1.54) is 28.6 Å². The van der Waals surface area contributed by atoms with E-state index in [9.17, 15) is 13.2 Å². The fourth-order valence-corrected chi connectivity index (χ4v) is 5.03. The molecule has 2 aromatic heterocycles. The van der Waals surface area contributed by atoms with E-state index in [1.807, 2.05) is 38.1 Å². The fourth-order valence-electron chi connectivity index (χ4n) is 3.41. The minimum Gasteiger partial charge on any atom is -0.451 e. The van der Waals surface area contributed by atoms with Crippen molar-refractivity contribution in [2.45, 2.75) is 31.6 Å². The molecule has 2 heterocycles. The average molecular weight is 469 g/mol. The first-order chi connectivity index (χ1) is 15.9. The van der Waals surface area contributed by atoms with E-state index in [0.29, 0.717) is 24.4 Å². The van der Waals surface area contributed by atoms with Gasteiger partial charge in [-0.3, -0.25) is 10.1 Å². The van der Waals surface area contributed by atoms with Crippen LogP contribution < -0.4 is 5.32 Å². The van der Waals surface area contributed by atoms with Gasteiger partial charge in [-0.15, -0.1) is 5.10 Å². The third kappa shape index (κ3) is 4.81. The smallest absolute Gasteiger partial charge is 0.322 e. The topological polar surface area (TPSA) is 119 Å². The van der Waals surface area contributed by atoms with Crippen LogP contribution >= 0.6 is 0 Å². The highest BCUT2D eigenvalue weighted by Gasteiger charge is 2.23. The zero-order valence-corrected chi connectivity index (χ0v) is 19.1. The van der Waals surface area contributed by atoms with Gasteiger partial charge in [0.25, 0.3) is 11.8 Å². The van der Waals surface area contributed by atoms with Crippen LogP contribution in [0, 0.1) is 0 Å². The minimum atomic E-state index is -3.61. The number of benzene rings is 2. The Morgan fingerprint density at radius 1 is 0.970 bits per heavy atom. The Labute approximate surface area is 191 Å². The summed E-state index contributed by atoms with van der Waals surface area (Å²) in [7, 11) is -3.61. The standard InChI is InChI=1S/C23H24N4O5S/c1-3-13-27(14-4-2)33(29,30)18-11-9-16(10-12-18)21(28)24-23-26-25-22(32-23)20-15-17-7-5-6-8-19(17)31-20/h5-12,15H,3-4,13-14H2,1-2H3,(H,24,26,28). The predicted octanol–water partition coefficient (Wildman–Crippen LogP) is 4.55. The van der Waals surface area contributed by atoms with E-state index in [2.05, 4.69) is 15.5 Å². The Bertz CT molecular complexity index is 1320. The van der Waals surface area contributed by atoms with Crippen LogP contribution in [-0.4, -0.2) is 41.9 Å². The molecule has 4 aromatic rings. The maximum Gasteiger partial charge on any atom is 0.322 e. The van der Waals surface area contributed by atoms with Crippen LogP contribution in [0.1, 0.15) is 37.0 Å². The highest BCUT2D eigenvalue weighted by atomic mass is 32.2. The molecule has 10 heteroatoms. The summed E-state index contributed by atoms with van der Waals surface area (Å²) in [6, 6.07) is 14.9. The molecule has 0 aliphatic carbocycles. The maximum atomic E-state index is 12.9. The van der Waals surface area contributed by atoms with Gasteiger partial charge < -0.3 is 8.83 Å². The van der Waals surface area contributed by atoms with Crippen LogP contribution in [0.4, 0.5) is 6.01 Å². The molecular weight excluding hydrogens is 444 g/mol. The zero-order valence-electron chi connectivity index (χ0n) is 18.3. The molecule has 0 spiro atoms. The van der Waals surface area contributed by atoms with Crippen molar-refractivity contribution in [3.8, 4) is 11.7 Å². The minimum absolute atomic E-state index is 0.0933. The van der Waals surface area contributed by atoms with E-state index >= 15 is 0 Å². The quantitative estimate of drug-likeness (QED) is 0.383. The van der Waals surface area contributed by atoms with Crippen molar-refractivity contribution in [2.24, 2.45) is 0 Å². The number of carbonyl (C=O) groups excluding carboxylic acids is 1. The summed E-state index contributed by atoms with van der Waals surface area (Å²) < 4.78 is 38.4. The van der Waals surface area contributed by atoms with Gasteiger partial charge in [0, 0.05) is 24.0 Å². The summed E-state index contributed by atoms with van der Waals surface area (Å²) in [5.41, 5.74) is 0.942. The van der Waals surface area contributed by atoms with Crippen molar-refractivity contribution in [1.82, 2.24) is 14.5 Å². The van der Waals surface area contributed by atoms with Gasteiger partial charge in [-0.25, -0.2) is 8.42 Å². The zero-order chi connectivity index (χ0) is 23.4. The second-order valence-corrected chi connectivity index (χ2v) is 9.38. The first-order valence-electron chi connectivity index (χ1n) is 10.7. The Hall–Kier alpha value is -3.50. The van der Waals surface area contributed by atoms with E-state index in [0.717, 1.165) is 18.2 Å². The lowest BCUT2D eigenvalue weighted by Gasteiger charge is -2.21. The van der Waals surface area contributed by atoms with Gasteiger partial charge in [0.1, 0.15) is 5.58 Å². The number of para-hydroxylation sites is 1. The van der Waals surface area contributed by atoms with Crippen LogP contribution in [0.2, 0.25) is 0 Å². The highest BCUT2D eigenvalue weighted by Crippen LogP contribution is 2.27. The molecular formula is C23H24N4O5S. The molecule has 4 rings (SSSR count). The van der Waals surface area contributed by atoms with Gasteiger partial charge in [0.05, 0.1) is 4.90 Å². The van der Waals surface area contributed by atoms with E-state index < -0.39 is 15.9 Å². The highest BCUT2D eigenvalue weighted by molar-refractivity contribution is 7.89. The number of fused-ring (bicyclic) bond motifs is 1. The van der Waals surface area contributed by atoms with Crippen molar-refractivity contribution in [3.05, 3.63) is 60.2 Å². The van der Waals surface area contributed by atoms with Crippen molar-refractivity contribution in [1.29, 1.82) is 0 Å². The number of amides is 1. The SMILES string of the molecule is CCCN(CCC)S(=O)(=O)c1ccc(C(=O)Nc2nnc(-c3cc4ccccc4o3)o2)cc1. The first kappa shape index (κ1) is 22.7. The molecule has 1 amide bonds. The normalized spacial score (nSPS) is 11.8. The summed E-state index contributed by atoms with van der Waals surface area (Å²) in [6.07, 6.45) is 1.44. The predicted molar refractivity (Wildman–Crippen MR) is 123 cm³/mol. The molecule has 0 atom stereocenters. The average Bonchev–Trinajstić information content (AvgIpc) is 3.46. The van der Waals surface area contributed by atoms with Gasteiger partial charge in [-0.05, 0) is 49.2 Å². The lowest BCUT2D eigenvalue weighted by Crippen LogP contribution is -2.32. The monoisotopic (exact) mass is 468 g/mol. The number of hydrogen-bond donors (Lipinski definition) is 1. The third-order valence-corrected chi connectivity index (χ3v) is 6.89. The first-order valence-corrected chi connectivity index (χ1v) is 12.1. The summed E-state index contributed by atoms with van der Waals surface area (Å²) in [5.74, 6) is 0.0232. The molecule has 33 heavy (non-hydrogen) atoms. The molecule has 0 radical (unpaired) electrons. The fraction of sp³-hybridized carbons (Fsp3) is 0.261. The van der Waals surface area contributed by atoms with Crippen LogP contribution in [0.5, 0.6) is 0 Å². The molecule has 0 fully saturated rings. The molecule has 0 aliphatic rings. The summed E-state index contributed by atoms with van der Waals surface area (Å²) in [5, 5.41) is 11.2. The number of carbonyl (C=O) groups is 1. The largest absolute Gasteiger partial charge is 0.451 e. The molecule has 2 aromatic carbocycles. The van der Waals surface area contributed by atoms with Gasteiger partial charge >= 0.3 is 6.01 Å². The number of sulfonamides is 1. The Kier molecular flexibility index (Phi) is 6.57.